The Morgan fingerprint density at radius 1 is 1.47 bits per heavy atom. The predicted molar refractivity (Wildman–Crippen MR) is 61.7 cm³/mol. The van der Waals surface area contributed by atoms with Gasteiger partial charge in [0.05, 0.1) is 6.61 Å². The Balaban J connectivity index is 2.34. The van der Waals surface area contributed by atoms with Gasteiger partial charge in [-0.05, 0) is 18.8 Å². The third kappa shape index (κ3) is 4.22. The van der Waals surface area contributed by atoms with Crippen molar-refractivity contribution in [3.63, 3.8) is 0 Å². The van der Waals surface area contributed by atoms with E-state index in [2.05, 4.69) is 0 Å². The summed E-state index contributed by atoms with van der Waals surface area (Å²) in [5, 5.41) is 17.3. The lowest BCUT2D eigenvalue weighted by atomic mass is 10.0. The molecule has 1 atom stereocenters. The Labute approximate surface area is 101 Å². The summed E-state index contributed by atoms with van der Waals surface area (Å²) in [5.41, 5.74) is 0. The minimum atomic E-state index is -0.785. The van der Waals surface area contributed by atoms with Gasteiger partial charge in [-0.25, -0.2) is 4.79 Å². The number of carbonyl (C=O) groups excluding carboxylic acids is 1. The molecule has 0 aromatic carbocycles. The normalized spacial score (nSPS) is 19.4. The quantitative estimate of drug-likeness (QED) is 0.724. The lowest BCUT2D eigenvalue weighted by Crippen LogP contribution is -2.41. The molecule has 1 aliphatic rings. The van der Waals surface area contributed by atoms with Gasteiger partial charge in [-0.3, -0.25) is 4.79 Å². The molecular weight excluding hydrogens is 224 g/mol. The molecule has 0 bridgehead atoms. The summed E-state index contributed by atoms with van der Waals surface area (Å²) in [5.74, 6) is -0.496. The predicted octanol–water partition coefficient (Wildman–Crippen LogP) is 0.217. The number of carboxylic acid groups (broad SMARTS) is 1. The van der Waals surface area contributed by atoms with E-state index in [1.807, 2.05) is 0 Å². The highest BCUT2D eigenvalue weighted by Crippen LogP contribution is 2.21. The van der Waals surface area contributed by atoms with Crippen molar-refractivity contribution in [2.75, 3.05) is 33.3 Å². The fourth-order valence-corrected chi connectivity index (χ4v) is 2.06. The molecule has 0 aromatic heterocycles. The molecule has 0 spiro atoms. The Morgan fingerprint density at radius 2 is 2.18 bits per heavy atom. The summed E-state index contributed by atoms with van der Waals surface area (Å²) in [7, 11) is 1.66. The van der Waals surface area contributed by atoms with Gasteiger partial charge in [-0.2, -0.15) is 0 Å². The highest BCUT2D eigenvalue weighted by molar-refractivity contribution is 5.74. The van der Waals surface area contributed by atoms with E-state index < -0.39 is 5.97 Å². The van der Waals surface area contributed by atoms with Crippen LogP contribution in [0.15, 0.2) is 0 Å². The molecule has 0 aromatic rings. The van der Waals surface area contributed by atoms with E-state index >= 15 is 0 Å². The average Bonchev–Trinajstić information content (AvgIpc) is 2.74. The van der Waals surface area contributed by atoms with Crippen LogP contribution in [0.25, 0.3) is 0 Å². The largest absolute Gasteiger partial charge is 0.481 e. The topological polar surface area (TPSA) is 81.1 Å². The van der Waals surface area contributed by atoms with Gasteiger partial charge < -0.3 is 20.0 Å². The lowest BCUT2D eigenvalue weighted by molar-refractivity contribution is -0.137. The molecule has 2 N–H and O–H groups in total. The number of aliphatic hydroxyl groups excluding tert-OH is 1. The minimum absolute atomic E-state index is 0.0431. The van der Waals surface area contributed by atoms with Crippen LogP contribution >= 0.6 is 0 Å². The van der Waals surface area contributed by atoms with Crippen LogP contribution in [-0.2, 0) is 4.79 Å². The Hall–Kier alpha value is -1.30. The molecule has 1 aliphatic heterocycles. The van der Waals surface area contributed by atoms with Gasteiger partial charge in [-0.1, -0.05) is 0 Å². The lowest BCUT2D eigenvalue weighted by Gasteiger charge is -2.24. The molecule has 6 heteroatoms. The number of likely N-dealkylation sites (tertiary alicyclic amines) is 1. The van der Waals surface area contributed by atoms with Gasteiger partial charge in [0, 0.05) is 33.1 Å². The van der Waals surface area contributed by atoms with Crippen LogP contribution in [0.4, 0.5) is 4.79 Å². The first-order valence-electron chi connectivity index (χ1n) is 5.87. The molecule has 17 heavy (non-hydrogen) atoms. The van der Waals surface area contributed by atoms with Gasteiger partial charge in [0.25, 0.3) is 0 Å². The van der Waals surface area contributed by atoms with Crippen LogP contribution < -0.4 is 0 Å². The fraction of sp³-hybridized carbons (Fsp3) is 0.818. The zero-order valence-corrected chi connectivity index (χ0v) is 10.1. The van der Waals surface area contributed by atoms with E-state index in [9.17, 15) is 9.59 Å². The van der Waals surface area contributed by atoms with Crippen LogP contribution in [0, 0.1) is 5.92 Å². The fourth-order valence-electron chi connectivity index (χ4n) is 2.06. The van der Waals surface area contributed by atoms with Crippen molar-refractivity contribution in [2.24, 2.45) is 5.92 Å². The summed E-state index contributed by atoms with van der Waals surface area (Å²) in [6.07, 6.45) is 1.66. The number of hydrogen-bond acceptors (Lipinski definition) is 3. The van der Waals surface area contributed by atoms with Crippen molar-refractivity contribution in [1.82, 2.24) is 9.80 Å². The Morgan fingerprint density at radius 3 is 2.76 bits per heavy atom. The first kappa shape index (κ1) is 13.8. The van der Waals surface area contributed by atoms with Crippen molar-refractivity contribution >= 4 is 12.0 Å². The van der Waals surface area contributed by atoms with E-state index in [-0.39, 0.29) is 25.0 Å². The third-order valence-electron chi connectivity index (χ3n) is 3.08. The van der Waals surface area contributed by atoms with Crippen LogP contribution in [-0.4, -0.2) is 65.3 Å². The molecule has 0 saturated carbocycles. The SMILES string of the molecule is CN(CCO)C(=O)N1CCC(CCC(=O)O)C1. The number of urea groups is 1. The number of carbonyl (C=O) groups is 2. The third-order valence-corrected chi connectivity index (χ3v) is 3.08. The van der Waals surface area contributed by atoms with Crippen molar-refractivity contribution in [3.05, 3.63) is 0 Å². The first-order chi connectivity index (χ1) is 8.04. The number of aliphatic hydroxyl groups is 1. The second-order valence-corrected chi connectivity index (χ2v) is 4.46. The van der Waals surface area contributed by atoms with E-state index in [0.29, 0.717) is 26.1 Å². The van der Waals surface area contributed by atoms with Crippen molar-refractivity contribution < 1.29 is 19.8 Å². The number of amides is 2. The maximum Gasteiger partial charge on any atom is 0.319 e. The molecule has 2 amide bonds. The van der Waals surface area contributed by atoms with Crippen LogP contribution in [0.3, 0.4) is 0 Å². The van der Waals surface area contributed by atoms with Gasteiger partial charge in [0.1, 0.15) is 0 Å². The molecule has 1 rings (SSSR count). The smallest absolute Gasteiger partial charge is 0.319 e. The molecule has 98 valence electrons. The van der Waals surface area contributed by atoms with Crippen molar-refractivity contribution in [2.45, 2.75) is 19.3 Å². The molecule has 1 unspecified atom stereocenters. The monoisotopic (exact) mass is 244 g/mol. The molecule has 1 heterocycles. The van der Waals surface area contributed by atoms with Gasteiger partial charge in [0.15, 0.2) is 0 Å². The van der Waals surface area contributed by atoms with E-state index in [1.165, 1.54) is 4.90 Å². The number of nitrogens with zero attached hydrogens (tertiary/aromatic N) is 2. The number of carboxylic acids is 1. The molecular formula is C11H20N2O4. The first-order valence-corrected chi connectivity index (χ1v) is 5.87. The van der Waals surface area contributed by atoms with E-state index in [0.717, 1.165) is 6.42 Å². The van der Waals surface area contributed by atoms with Crippen molar-refractivity contribution in [1.29, 1.82) is 0 Å². The number of hydrogen-bond donors (Lipinski definition) is 2. The molecule has 1 saturated heterocycles. The van der Waals surface area contributed by atoms with Crippen LogP contribution in [0.2, 0.25) is 0 Å². The molecule has 0 radical (unpaired) electrons. The Bertz CT molecular complexity index is 283. The van der Waals surface area contributed by atoms with E-state index in [4.69, 9.17) is 10.2 Å². The highest BCUT2D eigenvalue weighted by Gasteiger charge is 2.27. The summed E-state index contributed by atoms with van der Waals surface area (Å²) in [6, 6.07) is -0.0862. The maximum absolute atomic E-state index is 11.8. The van der Waals surface area contributed by atoms with Crippen molar-refractivity contribution in [3.8, 4) is 0 Å². The summed E-state index contributed by atoms with van der Waals surface area (Å²) in [6.45, 7) is 1.59. The van der Waals surface area contributed by atoms with E-state index in [1.54, 1.807) is 11.9 Å². The maximum atomic E-state index is 11.8. The number of aliphatic carboxylic acids is 1. The Kier molecular flexibility index (Phi) is 5.21. The summed E-state index contributed by atoms with van der Waals surface area (Å²) in [4.78, 5) is 25.5. The van der Waals surface area contributed by atoms with Crippen LogP contribution in [0.1, 0.15) is 19.3 Å². The molecule has 6 nitrogen and oxygen atoms in total. The average molecular weight is 244 g/mol. The highest BCUT2D eigenvalue weighted by atomic mass is 16.4. The second kappa shape index (κ2) is 6.44. The van der Waals surface area contributed by atoms with Gasteiger partial charge in [0.2, 0.25) is 0 Å². The summed E-state index contributed by atoms with van der Waals surface area (Å²) >= 11 is 0. The molecule has 1 fully saturated rings. The number of likely N-dealkylation sites (N-methyl/N-ethyl adjacent to an activating group) is 1. The standard InChI is InChI=1S/C11H20N2O4/c1-12(6-7-14)11(17)13-5-4-9(8-13)2-3-10(15)16/h9,14H,2-8H2,1H3,(H,15,16). The van der Waals surface area contributed by atoms with Gasteiger partial charge in [-0.15, -0.1) is 0 Å². The second-order valence-electron chi connectivity index (χ2n) is 4.46. The number of rotatable bonds is 5. The van der Waals surface area contributed by atoms with Crippen LogP contribution in [0.5, 0.6) is 0 Å². The van der Waals surface area contributed by atoms with Gasteiger partial charge >= 0.3 is 12.0 Å². The minimum Gasteiger partial charge on any atom is -0.481 e. The molecule has 0 aliphatic carbocycles. The zero-order valence-electron chi connectivity index (χ0n) is 10.1. The summed E-state index contributed by atoms with van der Waals surface area (Å²) < 4.78 is 0. The zero-order chi connectivity index (χ0) is 12.8.